The Balaban J connectivity index is 1.47. The van der Waals surface area contributed by atoms with Gasteiger partial charge in [0.05, 0.1) is 26.6 Å². The van der Waals surface area contributed by atoms with Gasteiger partial charge in [0.1, 0.15) is 0 Å². The highest BCUT2D eigenvalue weighted by Gasteiger charge is 2.31. The van der Waals surface area contributed by atoms with Crippen molar-refractivity contribution < 1.29 is 21.6 Å². The average Bonchev–Trinajstić information content (AvgIpc) is 3.23. The lowest BCUT2D eigenvalue weighted by Gasteiger charge is -2.12. The molecule has 0 spiro atoms. The average molecular weight is 480 g/mol. The van der Waals surface area contributed by atoms with Crippen molar-refractivity contribution in [2.24, 2.45) is 0 Å². The number of amides is 1. The molecule has 1 fully saturated rings. The largest absolute Gasteiger partial charge is 0.298 e. The highest BCUT2D eigenvalue weighted by molar-refractivity contribution is 7.92. The Labute approximate surface area is 184 Å². The molecule has 0 aliphatic carbocycles. The number of carbonyl (C=O) groups excluding carboxylic acids is 1. The topological polar surface area (TPSA) is 122 Å². The summed E-state index contributed by atoms with van der Waals surface area (Å²) in [6, 6.07) is 8.89. The van der Waals surface area contributed by atoms with Crippen molar-refractivity contribution in [3.8, 4) is 0 Å². The van der Waals surface area contributed by atoms with Crippen molar-refractivity contribution in [1.29, 1.82) is 0 Å². The zero-order valence-corrected chi connectivity index (χ0v) is 19.3. The van der Waals surface area contributed by atoms with Gasteiger partial charge in [0.2, 0.25) is 10.0 Å². The number of nitrogens with one attached hydrogen (secondary N) is 2. The quantitative estimate of drug-likeness (QED) is 0.580. The fraction of sp³-hybridized carbons (Fsp3) is 0.300. The van der Waals surface area contributed by atoms with Crippen LogP contribution in [0.25, 0.3) is 10.2 Å². The van der Waals surface area contributed by atoms with Crippen LogP contribution in [0.5, 0.6) is 0 Å². The SMILES string of the molecule is Cc1cc(C)c2nc(NC(=O)c3ccc(S(=O)(=O)N[C@H]4CCS(=O)(=O)C4)cc3)sc2c1. The van der Waals surface area contributed by atoms with Gasteiger partial charge in [-0.25, -0.2) is 26.5 Å². The highest BCUT2D eigenvalue weighted by atomic mass is 32.2. The summed E-state index contributed by atoms with van der Waals surface area (Å²) in [5.74, 6) is -0.620. The number of sulfonamides is 1. The van der Waals surface area contributed by atoms with Crippen LogP contribution in [0.2, 0.25) is 0 Å². The standard InChI is InChI=1S/C20H21N3O5S3/c1-12-9-13(2)18-17(10-12)29-20(21-18)22-19(24)14-3-5-16(6-4-14)31(27,28)23-15-7-8-30(25,26)11-15/h3-6,9-10,15,23H,7-8,11H2,1-2H3,(H,21,22,24)/t15-/m0/s1. The molecule has 2 aromatic carbocycles. The van der Waals surface area contributed by atoms with Crippen molar-refractivity contribution in [3.05, 3.63) is 53.1 Å². The first-order valence-corrected chi connectivity index (χ1v) is 13.7. The smallest absolute Gasteiger partial charge is 0.257 e. The number of nitrogens with zero attached hydrogens (tertiary/aromatic N) is 1. The maximum Gasteiger partial charge on any atom is 0.257 e. The summed E-state index contributed by atoms with van der Waals surface area (Å²) in [6.07, 6.45) is 0.253. The molecule has 11 heteroatoms. The molecule has 0 bridgehead atoms. The van der Waals surface area contributed by atoms with E-state index in [0.29, 0.717) is 5.13 Å². The molecule has 2 heterocycles. The first-order valence-electron chi connectivity index (χ1n) is 9.54. The van der Waals surface area contributed by atoms with E-state index in [1.165, 1.54) is 35.6 Å². The third-order valence-corrected chi connectivity index (χ3v) is 9.25. The van der Waals surface area contributed by atoms with Crippen LogP contribution in [-0.4, -0.2) is 45.3 Å². The molecule has 4 rings (SSSR count). The number of sulfone groups is 1. The molecule has 0 unspecified atom stereocenters. The van der Waals surface area contributed by atoms with E-state index in [2.05, 4.69) is 15.0 Å². The van der Waals surface area contributed by atoms with E-state index in [4.69, 9.17) is 0 Å². The van der Waals surface area contributed by atoms with Gasteiger partial charge in [-0.2, -0.15) is 0 Å². The second-order valence-electron chi connectivity index (χ2n) is 7.65. The molecule has 8 nitrogen and oxygen atoms in total. The van der Waals surface area contributed by atoms with Crippen LogP contribution < -0.4 is 10.0 Å². The molecule has 0 radical (unpaired) electrons. The molecule has 31 heavy (non-hydrogen) atoms. The minimum Gasteiger partial charge on any atom is -0.298 e. The van der Waals surface area contributed by atoms with Crippen LogP contribution in [-0.2, 0) is 19.9 Å². The molecule has 0 saturated carbocycles. The Morgan fingerprint density at radius 3 is 2.52 bits per heavy atom. The van der Waals surface area contributed by atoms with Crippen molar-refractivity contribution in [1.82, 2.24) is 9.71 Å². The van der Waals surface area contributed by atoms with Gasteiger partial charge in [0.25, 0.3) is 5.91 Å². The van der Waals surface area contributed by atoms with Gasteiger partial charge < -0.3 is 0 Å². The normalized spacial score (nSPS) is 18.3. The molecular formula is C20H21N3O5S3. The Morgan fingerprint density at radius 1 is 1.16 bits per heavy atom. The molecule has 2 N–H and O–H groups in total. The van der Waals surface area contributed by atoms with Crippen molar-refractivity contribution in [2.45, 2.75) is 31.2 Å². The Morgan fingerprint density at radius 2 is 1.87 bits per heavy atom. The lowest BCUT2D eigenvalue weighted by Crippen LogP contribution is -2.35. The predicted molar refractivity (Wildman–Crippen MR) is 121 cm³/mol. The molecule has 164 valence electrons. The summed E-state index contributed by atoms with van der Waals surface area (Å²) in [4.78, 5) is 17.0. The molecule has 1 amide bonds. The number of hydrogen-bond acceptors (Lipinski definition) is 7. The molecular weight excluding hydrogens is 458 g/mol. The van der Waals surface area contributed by atoms with Gasteiger partial charge in [0, 0.05) is 11.6 Å². The zero-order chi connectivity index (χ0) is 22.4. The van der Waals surface area contributed by atoms with Crippen LogP contribution in [0, 0.1) is 13.8 Å². The van der Waals surface area contributed by atoms with E-state index in [-0.39, 0.29) is 28.4 Å². The molecule has 1 aliphatic heterocycles. The van der Waals surface area contributed by atoms with E-state index in [1.807, 2.05) is 26.0 Å². The lowest BCUT2D eigenvalue weighted by molar-refractivity contribution is 0.102. The molecule has 3 aromatic rings. The van der Waals surface area contributed by atoms with Gasteiger partial charge in [-0.05, 0) is 61.7 Å². The van der Waals surface area contributed by atoms with Gasteiger partial charge >= 0.3 is 0 Å². The predicted octanol–water partition coefficient (Wildman–Crippen LogP) is 2.63. The molecule has 1 saturated heterocycles. The van der Waals surface area contributed by atoms with Crippen LogP contribution in [0.4, 0.5) is 5.13 Å². The first kappa shape index (κ1) is 21.9. The summed E-state index contributed by atoms with van der Waals surface area (Å²) in [7, 11) is -7.08. The van der Waals surface area contributed by atoms with E-state index in [0.717, 1.165) is 21.3 Å². The van der Waals surface area contributed by atoms with Crippen LogP contribution in [0.3, 0.4) is 0 Å². The van der Waals surface area contributed by atoms with E-state index in [9.17, 15) is 21.6 Å². The van der Waals surface area contributed by atoms with Gasteiger partial charge in [-0.15, -0.1) is 0 Å². The number of aromatic nitrogens is 1. The minimum absolute atomic E-state index is 0.0237. The van der Waals surface area contributed by atoms with Crippen LogP contribution in [0.1, 0.15) is 27.9 Å². The number of thiazole rings is 1. The summed E-state index contributed by atoms with van der Waals surface area (Å²) in [5, 5.41) is 3.22. The summed E-state index contributed by atoms with van der Waals surface area (Å²) in [5.41, 5.74) is 3.28. The third-order valence-electron chi connectivity index (χ3n) is 5.03. The summed E-state index contributed by atoms with van der Waals surface area (Å²) in [6.45, 7) is 3.97. The number of fused-ring (bicyclic) bond motifs is 1. The first-order chi connectivity index (χ1) is 14.5. The Bertz CT molecular complexity index is 1380. The van der Waals surface area contributed by atoms with Gasteiger partial charge in [-0.1, -0.05) is 17.4 Å². The van der Waals surface area contributed by atoms with Gasteiger partial charge in [0.15, 0.2) is 15.0 Å². The van der Waals surface area contributed by atoms with E-state index in [1.54, 1.807) is 0 Å². The molecule has 1 aromatic heterocycles. The number of hydrogen-bond donors (Lipinski definition) is 2. The fourth-order valence-electron chi connectivity index (χ4n) is 3.55. The maximum absolute atomic E-state index is 12.6. The van der Waals surface area contributed by atoms with Crippen molar-refractivity contribution in [3.63, 3.8) is 0 Å². The number of anilines is 1. The molecule has 1 aliphatic rings. The summed E-state index contributed by atoms with van der Waals surface area (Å²) >= 11 is 1.38. The summed E-state index contributed by atoms with van der Waals surface area (Å²) < 4.78 is 51.5. The Kier molecular flexibility index (Phi) is 5.63. The van der Waals surface area contributed by atoms with E-state index >= 15 is 0 Å². The third kappa shape index (κ3) is 4.79. The van der Waals surface area contributed by atoms with E-state index < -0.39 is 31.8 Å². The maximum atomic E-state index is 12.6. The van der Waals surface area contributed by atoms with Crippen molar-refractivity contribution >= 4 is 52.5 Å². The number of aryl methyl sites for hydroxylation is 2. The second kappa shape index (κ2) is 7.97. The van der Waals surface area contributed by atoms with Crippen LogP contribution in [0.15, 0.2) is 41.3 Å². The van der Waals surface area contributed by atoms with Crippen LogP contribution >= 0.6 is 11.3 Å². The lowest BCUT2D eigenvalue weighted by atomic mass is 10.1. The van der Waals surface area contributed by atoms with Crippen molar-refractivity contribution in [2.75, 3.05) is 16.8 Å². The Hall–Kier alpha value is -2.34. The second-order valence-corrected chi connectivity index (χ2v) is 12.6. The highest BCUT2D eigenvalue weighted by Crippen LogP contribution is 2.29. The number of carbonyl (C=O) groups is 1. The number of rotatable bonds is 5. The monoisotopic (exact) mass is 479 g/mol. The minimum atomic E-state index is -3.88. The number of benzene rings is 2. The zero-order valence-electron chi connectivity index (χ0n) is 16.9. The van der Waals surface area contributed by atoms with Gasteiger partial charge in [-0.3, -0.25) is 10.1 Å². The molecule has 1 atom stereocenters. The fourth-order valence-corrected chi connectivity index (χ4v) is 7.64.